The Morgan fingerprint density at radius 2 is 2.33 bits per heavy atom. The number of nitrogens with zero attached hydrogens (tertiary/aromatic N) is 5. The van der Waals surface area contributed by atoms with Crippen molar-refractivity contribution in [2.45, 2.75) is 6.04 Å². The smallest absolute Gasteiger partial charge is 0.239 e. The van der Waals surface area contributed by atoms with Gasteiger partial charge in [-0.05, 0) is 0 Å². The molecule has 15 heavy (non-hydrogen) atoms. The molecule has 3 rings (SSSR count). The molecule has 3 heterocycles. The average molecular weight is 206 g/mol. The van der Waals surface area contributed by atoms with Gasteiger partial charge in [0, 0.05) is 13.1 Å². The van der Waals surface area contributed by atoms with E-state index in [1.807, 2.05) is 10.9 Å². The molecule has 0 radical (unpaired) electrons. The van der Waals surface area contributed by atoms with Crippen molar-refractivity contribution < 1.29 is 0 Å². The number of nitrogens with one attached hydrogen (secondary N) is 2. The van der Waals surface area contributed by atoms with Gasteiger partial charge in [0.25, 0.3) is 0 Å². The summed E-state index contributed by atoms with van der Waals surface area (Å²) in [6.07, 6.45) is 1.84. The molecule has 1 fully saturated rings. The van der Waals surface area contributed by atoms with Crippen LogP contribution in [0.5, 0.6) is 0 Å². The highest BCUT2D eigenvalue weighted by molar-refractivity contribution is 5.47. The van der Waals surface area contributed by atoms with Gasteiger partial charge in [0.2, 0.25) is 5.95 Å². The van der Waals surface area contributed by atoms with E-state index in [2.05, 4.69) is 30.8 Å². The van der Waals surface area contributed by atoms with E-state index in [1.165, 1.54) is 0 Å². The van der Waals surface area contributed by atoms with E-state index in [0.29, 0.717) is 17.6 Å². The van der Waals surface area contributed by atoms with Gasteiger partial charge in [-0.15, -0.1) is 10.2 Å². The number of aromatic amines is 1. The number of hydrogen-bond acceptors (Lipinski definition) is 6. The summed E-state index contributed by atoms with van der Waals surface area (Å²) in [6.45, 7) is 1.86. The molecule has 8 nitrogen and oxygen atoms in total. The Morgan fingerprint density at radius 1 is 1.47 bits per heavy atom. The number of nitrogens with two attached hydrogens (primary N) is 1. The van der Waals surface area contributed by atoms with Crippen LogP contribution < -0.4 is 11.1 Å². The van der Waals surface area contributed by atoms with Crippen LogP contribution in [0.3, 0.4) is 0 Å². The predicted octanol–water partition coefficient (Wildman–Crippen LogP) is -1.21. The average Bonchev–Trinajstić information content (AvgIpc) is 2.70. The van der Waals surface area contributed by atoms with Crippen molar-refractivity contribution in [3.8, 4) is 11.5 Å². The quantitative estimate of drug-likeness (QED) is 0.568. The van der Waals surface area contributed by atoms with Crippen LogP contribution in [-0.2, 0) is 0 Å². The first-order valence-corrected chi connectivity index (χ1v) is 4.64. The normalized spacial score (nSPS) is 16.5. The lowest BCUT2D eigenvalue weighted by Gasteiger charge is -2.26. The van der Waals surface area contributed by atoms with Crippen LogP contribution in [0, 0.1) is 0 Å². The SMILES string of the molecule is Nc1n[nH]c(-c2cn(C3CNC3)nn2)n1. The van der Waals surface area contributed by atoms with Crippen LogP contribution in [0.4, 0.5) is 5.95 Å². The van der Waals surface area contributed by atoms with E-state index in [-0.39, 0.29) is 5.95 Å². The van der Waals surface area contributed by atoms with Crippen molar-refractivity contribution in [1.29, 1.82) is 0 Å². The minimum absolute atomic E-state index is 0.213. The molecule has 0 aliphatic carbocycles. The highest BCUT2D eigenvalue weighted by Gasteiger charge is 2.20. The van der Waals surface area contributed by atoms with Crippen LogP contribution in [0.2, 0.25) is 0 Å². The van der Waals surface area contributed by atoms with E-state index in [1.54, 1.807) is 0 Å². The van der Waals surface area contributed by atoms with Crippen LogP contribution in [0.15, 0.2) is 6.20 Å². The zero-order valence-corrected chi connectivity index (χ0v) is 7.88. The van der Waals surface area contributed by atoms with E-state index in [0.717, 1.165) is 13.1 Å². The molecule has 2 aromatic heterocycles. The number of rotatable bonds is 2. The molecule has 1 aliphatic rings. The third-order valence-electron chi connectivity index (χ3n) is 2.39. The van der Waals surface area contributed by atoms with Gasteiger partial charge in [-0.25, -0.2) is 4.68 Å². The fraction of sp³-hybridized carbons (Fsp3) is 0.429. The lowest BCUT2D eigenvalue weighted by Crippen LogP contribution is -2.43. The van der Waals surface area contributed by atoms with Crippen LogP contribution >= 0.6 is 0 Å². The zero-order valence-electron chi connectivity index (χ0n) is 7.88. The molecule has 0 spiro atoms. The fourth-order valence-corrected chi connectivity index (χ4v) is 1.41. The summed E-state index contributed by atoms with van der Waals surface area (Å²) >= 11 is 0. The van der Waals surface area contributed by atoms with Gasteiger partial charge in [0.1, 0.15) is 5.69 Å². The van der Waals surface area contributed by atoms with Crippen molar-refractivity contribution in [1.82, 2.24) is 35.5 Å². The summed E-state index contributed by atoms with van der Waals surface area (Å²) in [5.41, 5.74) is 6.06. The minimum atomic E-state index is 0.213. The molecule has 1 saturated heterocycles. The molecular weight excluding hydrogens is 196 g/mol. The number of aromatic nitrogens is 6. The predicted molar refractivity (Wildman–Crippen MR) is 51.7 cm³/mol. The van der Waals surface area contributed by atoms with Crippen molar-refractivity contribution in [2.75, 3.05) is 18.8 Å². The van der Waals surface area contributed by atoms with E-state index >= 15 is 0 Å². The van der Waals surface area contributed by atoms with E-state index in [4.69, 9.17) is 5.73 Å². The fourth-order valence-electron chi connectivity index (χ4n) is 1.41. The van der Waals surface area contributed by atoms with Gasteiger partial charge in [-0.3, -0.25) is 5.10 Å². The molecule has 0 unspecified atom stereocenters. The second kappa shape index (κ2) is 3.02. The maximum absolute atomic E-state index is 5.40. The molecular formula is C7H10N8. The Labute approximate surface area is 84.9 Å². The van der Waals surface area contributed by atoms with Gasteiger partial charge in [-0.2, -0.15) is 4.98 Å². The molecule has 0 aromatic carbocycles. The molecule has 1 aliphatic heterocycles. The summed E-state index contributed by atoms with van der Waals surface area (Å²) in [4.78, 5) is 3.98. The van der Waals surface area contributed by atoms with E-state index < -0.39 is 0 Å². The Bertz CT molecular complexity index is 467. The Balaban J connectivity index is 1.89. The Hall–Kier alpha value is -1.96. The van der Waals surface area contributed by atoms with Crippen LogP contribution in [0.25, 0.3) is 11.5 Å². The highest BCUT2D eigenvalue weighted by atomic mass is 15.5. The second-order valence-corrected chi connectivity index (χ2v) is 3.44. The summed E-state index contributed by atoms with van der Waals surface area (Å²) in [6, 6.07) is 0.395. The molecule has 0 saturated carbocycles. The summed E-state index contributed by atoms with van der Waals surface area (Å²) < 4.78 is 1.82. The van der Waals surface area contributed by atoms with Crippen molar-refractivity contribution in [2.24, 2.45) is 0 Å². The monoisotopic (exact) mass is 206 g/mol. The van der Waals surface area contributed by atoms with Crippen molar-refractivity contribution in [3.05, 3.63) is 6.20 Å². The number of nitrogen functional groups attached to an aromatic ring is 1. The number of anilines is 1. The summed E-state index contributed by atoms with van der Waals surface area (Å²) in [7, 11) is 0. The van der Waals surface area contributed by atoms with Crippen LogP contribution in [0.1, 0.15) is 6.04 Å². The molecule has 2 aromatic rings. The second-order valence-electron chi connectivity index (χ2n) is 3.44. The van der Waals surface area contributed by atoms with Gasteiger partial charge in [0.05, 0.1) is 12.2 Å². The highest BCUT2D eigenvalue weighted by Crippen LogP contribution is 2.15. The Kier molecular flexibility index (Phi) is 1.68. The first-order valence-electron chi connectivity index (χ1n) is 4.64. The summed E-state index contributed by atoms with van der Waals surface area (Å²) in [5.74, 6) is 0.760. The lowest BCUT2D eigenvalue weighted by atomic mass is 10.2. The number of hydrogen-bond donors (Lipinski definition) is 3. The molecule has 0 bridgehead atoms. The van der Waals surface area contributed by atoms with Gasteiger partial charge >= 0.3 is 0 Å². The van der Waals surface area contributed by atoms with Crippen molar-refractivity contribution in [3.63, 3.8) is 0 Å². The number of H-pyrrole nitrogens is 1. The first kappa shape index (κ1) is 8.36. The van der Waals surface area contributed by atoms with Crippen molar-refractivity contribution >= 4 is 5.95 Å². The standard InChI is InChI=1S/C7H10N8/c8-7-10-6(12-13-7)5-3-15(14-11-5)4-1-9-2-4/h3-4,9H,1-2H2,(H3,8,10,12,13). The largest absolute Gasteiger partial charge is 0.366 e. The Morgan fingerprint density at radius 3 is 2.93 bits per heavy atom. The third-order valence-corrected chi connectivity index (χ3v) is 2.39. The molecule has 8 heteroatoms. The zero-order chi connectivity index (χ0) is 10.3. The van der Waals surface area contributed by atoms with E-state index in [9.17, 15) is 0 Å². The topological polar surface area (TPSA) is 110 Å². The molecule has 4 N–H and O–H groups in total. The van der Waals surface area contributed by atoms with Gasteiger partial charge < -0.3 is 11.1 Å². The summed E-state index contributed by atoms with van der Waals surface area (Å²) in [5, 5.41) is 17.6. The lowest BCUT2D eigenvalue weighted by molar-refractivity contribution is 0.313. The molecule has 78 valence electrons. The van der Waals surface area contributed by atoms with Crippen LogP contribution in [-0.4, -0.2) is 43.3 Å². The molecule has 0 amide bonds. The molecule has 0 atom stereocenters. The third kappa shape index (κ3) is 1.34. The minimum Gasteiger partial charge on any atom is -0.366 e. The maximum atomic E-state index is 5.40. The van der Waals surface area contributed by atoms with Gasteiger partial charge in [-0.1, -0.05) is 5.21 Å². The van der Waals surface area contributed by atoms with Gasteiger partial charge in [0.15, 0.2) is 5.82 Å². The first-order chi connectivity index (χ1) is 7.33. The maximum Gasteiger partial charge on any atom is 0.239 e.